The molecule has 0 aromatic heterocycles. The average molecular weight is 426 g/mol. The quantitative estimate of drug-likeness (QED) is 0.536. The summed E-state index contributed by atoms with van der Waals surface area (Å²) in [6.07, 6.45) is 1.34. The molecule has 0 unspecified atom stereocenters. The standard InChI is InChI=1S/C22H22N2O7/c1-5-31-15-9-7-14(8-10-15)24-21(26)16(20(25)23-22(24)27)12-13-6-11-17(28-2)19(30-4)18(13)29-3/h6-12H,5H2,1-4H3,(H,23,25,27)/b16-12-. The molecule has 0 spiro atoms. The molecule has 0 saturated carbocycles. The molecule has 1 aliphatic rings. The highest BCUT2D eigenvalue weighted by molar-refractivity contribution is 6.39. The zero-order valence-corrected chi connectivity index (χ0v) is 17.6. The molecule has 31 heavy (non-hydrogen) atoms. The Labute approximate surface area is 179 Å². The van der Waals surface area contributed by atoms with Gasteiger partial charge in [-0.1, -0.05) is 0 Å². The fourth-order valence-corrected chi connectivity index (χ4v) is 3.14. The molecule has 2 aromatic rings. The first-order chi connectivity index (χ1) is 14.9. The third-order valence-electron chi connectivity index (χ3n) is 4.54. The second-order valence-electron chi connectivity index (χ2n) is 6.31. The minimum Gasteiger partial charge on any atom is -0.494 e. The van der Waals surface area contributed by atoms with Crippen molar-refractivity contribution in [1.29, 1.82) is 0 Å². The average Bonchev–Trinajstić information content (AvgIpc) is 2.77. The van der Waals surface area contributed by atoms with Crippen molar-refractivity contribution in [2.75, 3.05) is 32.8 Å². The molecule has 4 amide bonds. The minimum absolute atomic E-state index is 0.237. The van der Waals surface area contributed by atoms with Crippen molar-refractivity contribution in [3.8, 4) is 23.0 Å². The first kappa shape index (κ1) is 21.7. The number of imide groups is 2. The van der Waals surface area contributed by atoms with E-state index in [2.05, 4.69) is 5.32 Å². The van der Waals surface area contributed by atoms with Crippen molar-refractivity contribution < 1.29 is 33.3 Å². The predicted octanol–water partition coefficient (Wildman–Crippen LogP) is 2.78. The van der Waals surface area contributed by atoms with Crippen LogP contribution in [0.1, 0.15) is 12.5 Å². The molecule has 1 saturated heterocycles. The first-order valence-electron chi connectivity index (χ1n) is 9.38. The van der Waals surface area contributed by atoms with Crippen LogP contribution in [0.2, 0.25) is 0 Å². The number of methoxy groups -OCH3 is 3. The van der Waals surface area contributed by atoms with Crippen LogP contribution < -0.4 is 29.2 Å². The Morgan fingerprint density at radius 1 is 0.903 bits per heavy atom. The van der Waals surface area contributed by atoms with Crippen molar-refractivity contribution in [2.45, 2.75) is 6.92 Å². The Morgan fingerprint density at radius 2 is 1.58 bits per heavy atom. The lowest BCUT2D eigenvalue weighted by atomic mass is 10.0. The second-order valence-corrected chi connectivity index (χ2v) is 6.31. The number of hydrogen-bond acceptors (Lipinski definition) is 7. The van der Waals surface area contributed by atoms with E-state index >= 15 is 0 Å². The van der Waals surface area contributed by atoms with Gasteiger partial charge in [0, 0.05) is 5.56 Å². The van der Waals surface area contributed by atoms with Crippen LogP contribution in [-0.4, -0.2) is 45.8 Å². The summed E-state index contributed by atoms with van der Waals surface area (Å²) in [4.78, 5) is 38.8. The van der Waals surface area contributed by atoms with Crippen molar-refractivity contribution in [3.63, 3.8) is 0 Å². The zero-order chi connectivity index (χ0) is 22.5. The zero-order valence-electron chi connectivity index (χ0n) is 17.6. The van der Waals surface area contributed by atoms with E-state index in [1.807, 2.05) is 6.92 Å². The molecular formula is C22H22N2O7. The highest BCUT2D eigenvalue weighted by Gasteiger charge is 2.37. The van der Waals surface area contributed by atoms with Crippen molar-refractivity contribution in [2.24, 2.45) is 0 Å². The van der Waals surface area contributed by atoms with Crippen LogP contribution in [0.3, 0.4) is 0 Å². The van der Waals surface area contributed by atoms with Crippen molar-refractivity contribution >= 4 is 29.6 Å². The van der Waals surface area contributed by atoms with Crippen LogP contribution in [0.5, 0.6) is 23.0 Å². The summed E-state index contributed by atoms with van der Waals surface area (Å²) in [5.74, 6) is 0.0239. The molecule has 9 nitrogen and oxygen atoms in total. The van der Waals surface area contributed by atoms with E-state index in [0.29, 0.717) is 35.1 Å². The highest BCUT2D eigenvalue weighted by atomic mass is 16.5. The monoisotopic (exact) mass is 426 g/mol. The number of amides is 4. The van der Waals surface area contributed by atoms with Crippen LogP contribution in [0.25, 0.3) is 6.08 Å². The van der Waals surface area contributed by atoms with Gasteiger partial charge >= 0.3 is 6.03 Å². The molecule has 1 heterocycles. The molecule has 1 fully saturated rings. The Balaban J connectivity index is 2.03. The van der Waals surface area contributed by atoms with Gasteiger partial charge in [-0.3, -0.25) is 14.9 Å². The molecule has 2 aromatic carbocycles. The number of carbonyl (C=O) groups is 3. The molecule has 3 rings (SSSR count). The lowest BCUT2D eigenvalue weighted by Gasteiger charge is -2.26. The van der Waals surface area contributed by atoms with E-state index in [-0.39, 0.29) is 11.3 Å². The lowest BCUT2D eigenvalue weighted by molar-refractivity contribution is -0.122. The van der Waals surface area contributed by atoms with Gasteiger partial charge in [-0.05, 0) is 49.4 Å². The van der Waals surface area contributed by atoms with Gasteiger partial charge in [0.05, 0.1) is 33.6 Å². The largest absolute Gasteiger partial charge is 0.494 e. The smallest absolute Gasteiger partial charge is 0.335 e. The van der Waals surface area contributed by atoms with Crippen LogP contribution in [0.15, 0.2) is 42.0 Å². The van der Waals surface area contributed by atoms with E-state index in [1.54, 1.807) is 36.4 Å². The third-order valence-corrected chi connectivity index (χ3v) is 4.54. The van der Waals surface area contributed by atoms with E-state index in [4.69, 9.17) is 18.9 Å². The topological polar surface area (TPSA) is 103 Å². The summed E-state index contributed by atoms with van der Waals surface area (Å²) in [5, 5.41) is 2.19. The SMILES string of the molecule is CCOc1ccc(N2C(=O)NC(=O)/C(=C/c3ccc(OC)c(OC)c3OC)C2=O)cc1. The fourth-order valence-electron chi connectivity index (χ4n) is 3.14. The number of benzene rings is 2. The second kappa shape index (κ2) is 9.21. The number of hydrogen-bond donors (Lipinski definition) is 1. The summed E-state index contributed by atoms with van der Waals surface area (Å²) in [6.45, 7) is 2.33. The normalized spacial score (nSPS) is 15.0. The molecule has 0 bridgehead atoms. The number of nitrogens with one attached hydrogen (secondary N) is 1. The van der Waals surface area contributed by atoms with Gasteiger partial charge < -0.3 is 18.9 Å². The summed E-state index contributed by atoms with van der Waals surface area (Å²) >= 11 is 0. The van der Waals surface area contributed by atoms with Gasteiger partial charge in [0.15, 0.2) is 11.5 Å². The van der Waals surface area contributed by atoms with Crippen LogP contribution in [0.4, 0.5) is 10.5 Å². The van der Waals surface area contributed by atoms with Crippen LogP contribution in [0, 0.1) is 0 Å². The Bertz CT molecular complexity index is 1040. The fraction of sp³-hybridized carbons (Fsp3) is 0.227. The summed E-state index contributed by atoms with van der Waals surface area (Å²) in [7, 11) is 4.35. The van der Waals surface area contributed by atoms with E-state index in [1.165, 1.54) is 27.4 Å². The van der Waals surface area contributed by atoms with Crippen LogP contribution in [-0.2, 0) is 9.59 Å². The van der Waals surface area contributed by atoms with Gasteiger partial charge in [-0.25, -0.2) is 9.69 Å². The number of anilines is 1. The Hall–Kier alpha value is -4.01. The minimum atomic E-state index is -0.837. The van der Waals surface area contributed by atoms with Gasteiger partial charge in [0.2, 0.25) is 5.75 Å². The van der Waals surface area contributed by atoms with Gasteiger partial charge in [-0.15, -0.1) is 0 Å². The molecular weight excluding hydrogens is 404 g/mol. The lowest BCUT2D eigenvalue weighted by Crippen LogP contribution is -2.54. The Kier molecular flexibility index (Phi) is 6.44. The van der Waals surface area contributed by atoms with E-state index in [9.17, 15) is 14.4 Å². The van der Waals surface area contributed by atoms with E-state index in [0.717, 1.165) is 4.90 Å². The number of ether oxygens (including phenoxy) is 4. The van der Waals surface area contributed by atoms with Crippen LogP contribution >= 0.6 is 0 Å². The Morgan fingerprint density at radius 3 is 2.16 bits per heavy atom. The number of nitrogens with zero attached hydrogens (tertiary/aromatic N) is 1. The molecule has 0 atom stereocenters. The predicted molar refractivity (Wildman–Crippen MR) is 113 cm³/mol. The van der Waals surface area contributed by atoms with Gasteiger partial charge in [0.25, 0.3) is 11.8 Å². The number of barbiturate groups is 1. The van der Waals surface area contributed by atoms with Crippen molar-refractivity contribution in [1.82, 2.24) is 5.32 Å². The summed E-state index contributed by atoms with van der Waals surface area (Å²) in [6, 6.07) is 8.79. The third kappa shape index (κ3) is 4.16. The maximum atomic E-state index is 13.1. The number of carbonyl (C=O) groups excluding carboxylic acids is 3. The van der Waals surface area contributed by atoms with E-state index < -0.39 is 17.8 Å². The number of urea groups is 1. The number of rotatable bonds is 7. The van der Waals surface area contributed by atoms with Gasteiger partial charge in [0.1, 0.15) is 11.3 Å². The maximum absolute atomic E-state index is 13.1. The highest BCUT2D eigenvalue weighted by Crippen LogP contribution is 2.40. The molecule has 0 radical (unpaired) electrons. The maximum Gasteiger partial charge on any atom is 0.335 e. The van der Waals surface area contributed by atoms with Gasteiger partial charge in [-0.2, -0.15) is 0 Å². The molecule has 1 aliphatic heterocycles. The summed E-state index contributed by atoms with van der Waals surface area (Å²) in [5.41, 5.74) is 0.460. The summed E-state index contributed by atoms with van der Waals surface area (Å²) < 4.78 is 21.4. The molecule has 0 aliphatic carbocycles. The molecule has 9 heteroatoms. The molecule has 162 valence electrons. The first-order valence-corrected chi connectivity index (χ1v) is 9.38. The van der Waals surface area contributed by atoms with Crippen molar-refractivity contribution in [3.05, 3.63) is 47.5 Å². The molecule has 1 N–H and O–H groups in total.